The SMILES string of the molecule is CCc1ccc2[nH]c(=O)c3c(=O)cc(C(=O)O)oc3c2c1. The molecule has 1 aromatic carbocycles. The molecule has 2 aromatic heterocycles. The van der Waals surface area contributed by atoms with E-state index in [0.717, 1.165) is 18.1 Å². The zero-order chi connectivity index (χ0) is 15.1. The van der Waals surface area contributed by atoms with E-state index in [4.69, 9.17) is 9.52 Å². The first-order valence-corrected chi connectivity index (χ1v) is 6.37. The van der Waals surface area contributed by atoms with Gasteiger partial charge in [-0.15, -0.1) is 0 Å². The quantitative estimate of drug-likeness (QED) is 0.700. The summed E-state index contributed by atoms with van der Waals surface area (Å²) in [5.41, 5.74) is 0.231. The molecule has 6 nitrogen and oxygen atoms in total. The summed E-state index contributed by atoms with van der Waals surface area (Å²) in [6.07, 6.45) is 0.763. The summed E-state index contributed by atoms with van der Waals surface area (Å²) in [6.45, 7) is 1.97. The van der Waals surface area contributed by atoms with Gasteiger partial charge in [-0.3, -0.25) is 9.59 Å². The van der Waals surface area contributed by atoms with Gasteiger partial charge in [-0.25, -0.2) is 4.79 Å². The van der Waals surface area contributed by atoms with Gasteiger partial charge in [0.15, 0.2) is 11.0 Å². The second kappa shape index (κ2) is 4.59. The van der Waals surface area contributed by atoms with Crippen molar-refractivity contribution in [1.29, 1.82) is 0 Å². The van der Waals surface area contributed by atoms with Gasteiger partial charge in [0, 0.05) is 11.5 Å². The van der Waals surface area contributed by atoms with Crippen LogP contribution in [-0.4, -0.2) is 16.1 Å². The van der Waals surface area contributed by atoms with Gasteiger partial charge in [0.2, 0.25) is 5.76 Å². The molecular formula is C15H11NO5. The molecule has 106 valence electrons. The highest BCUT2D eigenvalue weighted by molar-refractivity contribution is 6.02. The third-order valence-corrected chi connectivity index (χ3v) is 3.37. The maximum atomic E-state index is 12.0. The minimum absolute atomic E-state index is 0.00829. The molecule has 2 N–H and O–H groups in total. The lowest BCUT2D eigenvalue weighted by Crippen LogP contribution is -2.17. The van der Waals surface area contributed by atoms with Crippen LogP contribution in [0, 0.1) is 0 Å². The standard InChI is InChI=1S/C15H11NO5/c1-2-7-3-4-9-8(5-7)13-12(14(18)16-9)10(17)6-11(21-13)15(19)20/h3-6H,2H2,1H3,(H,16,18)(H,19,20). The van der Waals surface area contributed by atoms with E-state index in [-0.39, 0.29) is 11.0 Å². The maximum absolute atomic E-state index is 12.0. The van der Waals surface area contributed by atoms with Crippen molar-refractivity contribution in [1.82, 2.24) is 4.98 Å². The van der Waals surface area contributed by atoms with Crippen molar-refractivity contribution in [3.05, 3.63) is 56.2 Å². The Labute approximate surface area is 117 Å². The second-order valence-corrected chi connectivity index (χ2v) is 4.67. The van der Waals surface area contributed by atoms with Crippen LogP contribution in [0.5, 0.6) is 0 Å². The monoisotopic (exact) mass is 285 g/mol. The Bertz CT molecular complexity index is 997. The van der Waals surface area contributed by atoms with Crippen LogP contribution in [0.25, 0.3) is 21.9 Å². The number of benzene rings is 1. The average Bonchev–Trinajstić information content (AvgIpc) is 2.46. The topological polar surface area (TPSA) is 100 Å². The molecule has 3 aromatic rings. The van der Waals surface area contributed by atoms with E-state index in [9.17, 15) is 14.4 Å². The molecule has 0 atom stereocenters. The number of H-pyrrole nitrogens is 1. The first-order valence-electron chi connectivity index (χ1n) is 6.37. The Morgan fingerprint density at radius 3 is 2.71 bits per heavy atom. The van der Waals surface area contributed by atoms with Crippen molar-refractivity contribution in [3.63, 3.8) is 0 Å². The van der Waals surface area contributed by atoms with Gasteiger partial charge in [-0.1, -0.05) is 13.0 Å². The van der Waals surface area contributed by atoms with Gasteiger partial charge in [0.05, 0.1) is 5.52 Å². The van der Waals surface area contributed by atoms with E-state index in [1.165, 1.54) is 0 Å². The molecular weight excluding hydrogens is 274 g/mol. The lowest BCUT2D eigenvalue weighted by Gasteiger charge is -2.05. The average molecular weight is 285 g/mol. The number of aromatic amines is 1. The molecule has 0 unspecified atom stereocenters. The summed E-state index contributed by atoms with van der Waals surface area (Å²) in [5, 5.41) is 9.34. The van der Waals surface area contributed by atoms with E-state index in [0.29, 0.717) is 10.9 Å². The first kappa shape index (κ1) is 13.1. The molecule has 0 bridgehead atoms. The minimum Gasteiger partial charge on any atom is -0.475 e. The number of carboxylic acid groups (broad SMARTS) is 1. The number of hydrogen-bond donors (Lipinski definition) is 2. The molecule has 6 heteroatoms. The molecule has 0 fully saturated rings. The van der Waals surface area contributed by atoms with Crippen LogP contribution in [0.3, 0.4) is 0 Å². The van der Waals surface area contributed by atoms with Crippen molar-refractivity contribution < 1.29 is 14.3 Å². The first-order chi connectivity index (χ1) is 10.0. The van der Waals surface area contributed by atoms with Gasteiger partial charge < -0.3 is 14.5 Å². The highest BCUT2D eigenvalue weighted by Crippen LogP contribution is 2.22. The van der Waals surface area contributed by atoms with Crippen molar-refractivity contribution >= 4 is 27.8 Å². The fourth-order valence-corrected chi connectivity index (χ4v) is 2.30. The Kier molecular flexibility index (Phi) is 2.86. The number of pyridine rings is 1. The normalized spacial score (nSPS) is 11.1. The van der Waals surface area contributed by atoms with Gasteiger partial charge >= 0.3 is 5.97 Å². The smallest absolute Gasteiger partial charge is 0.371 e. The lowest BCUT2D eigenvalue weighted by atomic mass is 10.1. The molecule has 0 radical (unpaired) electrons. The van der Waals surface area contributed by atoms with Crippen molar-refractivity contribution in [2.45, 2.75) is 13.3 Å². The number of aromatic carboxylic acids is 1. The molecule has 0 aliphatic heterocycles. The van der Waals surface area contributed by atoms with E-state index < -0.39 is 22.7 Å². The van der Waals surface area contributed by atoms with Crippen LogP contribution in [-0.2, 0) is 6.42 Å². The molecule has 0 aliphatic carbocycles. The predicted molar refractivity (Wildman–Crippen MR) is 76.9 cm³/mol. The number of nitrogens with one attached hydrogen (secondary N) is 1. The van der Waals surface area contributed by atoms with E-state index in [2.05, 4.69) is 4.98 Å². The summed E-state index contributed by atoms with van der Waals surface area (Å²) < 4.78 is 5.28. The molecule has 0 saturated heterocycles. The van der Waals surface area contributed by atoms with Crippen LogP contribution in [0.2, 0.25) is 0 Å². The highest BCUT2D eigenvalue weighted by atomic mass is 16.4. The van der Waals surface area contributed by atoms with Crippen LogP contribution in [0.15, 0.2) is 38.3 Å². The van der Waals surface area contributed by atoms with Crippen LogP contribution in [0.4, 0.5) is 0 Å². The summed E-state index contributed by atoms with van der Waals surface area (Å²) in [5.74, 6) is -1.84. The van der Waals surface area contributed by atoms with Crippen LogP contribution in [0.1, 0.15) is 23.0 Å². The van der Waals surface area contributed by atoms with E-state index >= 15 is 0 Å². The molecule has 2 heterocycles. The zero-order valence-electron chi connectivity index (χ0n) is 11.1. The number of rotatable bonds is 2. The minimum atomic E-state index is -1.35. The molecule has 0 aliphatic rings. The highest BCUT2D eigenvalue weighted by Gasteiger charge is 2.16. The van der Waals surface area contributed by atoms with Gasteiger partial charge in [0.25, 0.3) is 5.56 Å². The summed E-state index contributed by atoms with van der Waals surface area (Å²) >= 11 is 0. The third kappa shape index (κ3) is 2.01. The molecule has 3 rings (SSSR count). The summed E-state index contributed by atoms with van der Waals surface area (Å²) in [6, 6.07) is 6.16. The number of carboxylic acids is 1. The van der Waals surface area contributed by atoms with Crippen LogP contribution >= 0.6 is 0 Å². The number of aromatic nitrogens is 1. The van der Waals surface area contributed by atoms with Crippen molar-refractivity contribution in [2.75, 3.05) is 0 Å². The number of aryl methyl sites for hydroxylation is 1. The van der Waals surface area contributed by atoms with Gasteiger partial charge in [-0.2, -0.15) is 0 Å². The second-order valence-electron chi connectivity index (χ2n) is 4.67. The van der Waals surface area contributed by atoms with Crippen molar-refractivity contribution in [3.8, 4) is 0 Å². The number of hydrogen-bond acceptors (Lipinski definition) is 4. The Morgan fingerprint density at radius 2 is 2.05 bits per heavy atom. The Morgan fingerprint density at radius 1 is 1.29 bits per heavy atom. The van der Waals surface area contributed by atoms with Crippen molar-refractivity contribution in [2.24, 2.45) is 0 Å². The molecule has 0 spiro atoms. The van der Waals surface area contributed by atoms with Gasteiger partial charge in [0.1, 0.15) is 5.39 Å². The number of fused-ring (bicyclic) bond motifs is 3. The van der Waals surface area contributed by atoms with Crippen LogP contribution < -0.4 is 11.0 Å². The lowest BCUT2D eigenvalue weighted by molar-refractivity contribution is 0.0663. The summed E-state index contributed by atoms with van der Waals surface area (Å²) in [7, 11) is 0. The predicted octanol–water partition coefficient (Wildman–Crippen LogP) is 1.90. The number of carbonyl (C=O) groups is 1. The molecule has 21 heavy (non-hydrogen) atoms. The fraction of sp³-hybridized carbons (Fsp3) is 0.133. The largest absolute Gasteiger partial charge is 0.475 e. The van der Waals surface area contributed by atoms with E-state index in [1.54, 1.807) is 12.1 Å². The van der Waals surface area contributed by atoms with Gasteiger partial charge in [-0.05, 0) is 24.1 Å². The Balaban J connectivity index is 2.59. The molecule has 0 amide bonds. The zero-order valence-corrected chi connectivity index (χ0v) is 11.1. The Hall–Kier alpha value is -2.89. The molecule has 0 saturated carbocycles. The third-order valence-electron chi connectivity index (χ3n) is 3.37. The fourth-order valence-electron chi connectivity index (χ4n) is 2.30. The van der Waals surface area contributed by atoms with E-state index in [1.807, 2.05) is 13.0 Å². The maximum Gasteiger partial charge on any atom is 0.371 e. The summed E-state index contributed by atoms with van der Waals surface area (Å²) in [4.78, 5) is 37.6.